The number of hydrogen-bond acceptors (Lipinski definition) is 3. The van der Waals surface area contributed by atoms with Gasteiger partial charge in [0.2, 0.25) is 0 Å². The lowest BCUT2D eigenvalue weighted by molar-refractivity contribution is -0.118. The second-order valence-corrected chi connectivity index (χ2v) is 2.40. The molecule has 0 radical (unpaired) electrons. The standard InChI is InChI=1S/C6H12N2O/c1-4-6(7-2)5(9)3-8-4/h4,6-8H,3H2,1-2H3/t4-,6-/m0/s1. The van der Waals surface area contributed by atoms with E-state index in [9.17, 15) is 4.79 Å². The largest absolute Gasteiger partial charge is 0.309 e. The molecule has 3 heteroatoms. The van der Waals surface area contributed by atoms with Crippen LogP contribution in [-0.4, -0.2) is 31.5 Å². The summed E-state index contributed by atoms with van der Waals surface area (Å²) in [6.45, 7) is 2.53. The van der Waals surface area contributed by atoms with Crippen molar-refractivity contribution in [2.45, 2.75) is 19.0 Å². The Morgan fingerprint density at radius 3 is 2.67 bits per heavy atom. The minimum Gasteiger partial charge on any atom is -0.309 e. The third kappa shape index (κ3) is 1.11. The predicted octanol–water partition coefficient (Wildman–Crippen LogP) is -0.865. The smallest absolute Gasteiger partial charge is 0.165 e. The van der Waals surface area contributed by atoms with Crippen molar-refractivity contribution >= 4 is 5.78 Å². The van der Waals surface area contributed by atoms with E-state index < -0.39 is 0 Å². The summed E-state index contributed by atoms with van der Waals surface area (Å²) >= 11 is 0. The van der Waals surface area contributed by atoms with E-state index >= 15 is 0 Å². The van der Waals surface area contributed by atoms with Gasteiger partial charge in [0.05, 0.1) is 12.6 Å². The van der Waals surface area contributed by atoms with E-state index in [-0.39, 0.29) is 11.8 Å². The highest BCUT2D eigenvalue weighted by Gasteiger charge is 2.28. The quantitative estimate of drug-likeness (QED) is 0.482. The zero-order valence-corrected chi connectivity index (χ0v) is 5.77. The maximum atomic E-state index is 10.9. The second-order valence-electron chi connectivity index (χ2n) is 2.40. The van der Waals surface area contributed by atoms with E-state index in [0.29, 0.717) is 12.6 Å². The molecule has 0 unspecified atom stereocenters. The minimum atomic E-state index is 0.0324. The van der Waals surface area contributed by atoms with Crippen LogP contribution in [0.5, 0.6) is 0 Å². The van der Waals surface area contributed by atoms with E-state index in [2.05, 4.69) is 10.6 Å². The van der Waals surface area contributed by atoms with Gasteiger partial charge in [0.15, 0.2) is 5.78 Å². The lowest BCUT2D eigenvalue weighted by atomic mass is 10.1. The number of nitrogens with one attached hydrogen (secondary N) is 2. The number of likely N-dealkylation sites (N-methyl/N-ethyl adjacent to an activating group) is 1. The number of carbonyl (C=O) groups excluding carboxylic acids is 1. The number of Topliss-reactive ketones (excluding diaryl/α,β-unsaturated/α-hetero) is 1. The molecule has 0 aromatic rings. The van der Waals surface area contributed by atoms with Crippen LogP contribution in [-0.2, 0) is 4.79 Å². The molecule has 0 spiro atoms. The number of rotatable bonds is 1. The molecule has 0 aromatic carbocycles. The third-order valence-electron chi connectivity index (χ3n) is 1.76. The van der Waals surface area contributed by atoms with E-state index in [4.69, 9.17) is 0 Å². The van der Waals surface area contributed by atoms with Crippen LogP contribution in [0.3, 0.4) is 0 Å². The fourth-order valence-corrected chi connectivity index (χ4v) is 1.18. The maximum absolute atomic E-state index is 10.9. The topological polar surface area (TPSA) is 41.1 Å². The van der Waals surface area contributed by atoms with E-state index in [1.54, 1.807) is 0 Å². The van der Waals surface area contributed by atoms with Crippen molar-refractivity contribution in [3.63, 3.8) is 0 Å². The molecule has 2 atom stereocenters. The van der Waals surface area contributed by atoms with Crippen LogP contribution in [0.25, 0.3) is 0 Å². The molecule has 1 fully saturated rings. The van der Waals surface area contributed by atoms with Crippen molar-refractivity contribution in [3.8, 4) is 0 Å². The molecule has 2 N–H and O–H groups in total. The first-order valence-corrected chi connectivity index (χ1v) is 3.19. The van der Waals surface area contributed by atoms with Crippen molar-refractivity contribution in [2.75, 3.05) is 13.6 Å². The molecule has 1 aliphatic heterocycles. The number of carbonyl (C=O) groups is 1. The van der Waals surface area contributed by atoms with Gasteiger partial charge in [-0.05, 0) is 14.0 Å². The first-order chi connectivity index (χ1) is 4.25. The molecular formula is C6H12N2O. The van der Waals surface area contributed by atoms with Gasteiger partial charge in [0.25, 0.3) is 0 Å². The summed E-state index contributed by atoms with van der Waals surface area (Å²) in [5, 5.41) is 6.01. The fourth-order valence-electron chi connectivity index (χ4n) is 1.18. The summed E-state index contributed by atoms with van der Waals surface area (Å²) in [4.78, 5) is 10.9. The van der Waals surface area contributed by atoms with Gasteiger partial charge in [-0.15, -0.1) is 0 Å². The summed E-state index contributed by atoms with van der Waals surface area (Å²) < 4.78 is 0. The van der Waals surface area contributed by atoms with Crippen LogP contribution in [0.15, 0.2) is 0 Å². The van der Waals surface area contributed by atoms with Gasteiger partial charge in [-0.3, -0.25) is 4.79 Å². The Labute approximate surface area is 54.8 Å². The fraction of sp³-hybridized carbons (Fsp3) is 0.833. The van der Waals surface area contributed by atoms with Crippen LogP contribution in [0.4, 0.5) is 0 Å². The van der Waals surface area contributed by atoms with E-state index in [1.807, 2.05) is 14.0 Å². The molecule has 1 heterocycles. The molecule has 1 saturated heterocycles. The highest BCUT2D eigenvalue weighted by Crippen LogP contribution is 2.00. The zero-order valence-electron chi connectivity index (χ0n) is 5.77. The molecule has 0 aliphatic carbocycles. The predicted molar refractivity (Wildman–Crippen MR) is 35.3 cm³/mol. The highest BCUT2D eigenvalue weighted by atomic mass is 16.1. The Morgan fingerprint density at radius 2 is 2.44 bits per heavy atom. The summed E-state index contributed by atoms with van der Waals surface area (Å²) in [6.07, 6.45) is 0. The Hall–Kier alpha value is -0.410. The van der Waals surface area contributed by atoms with Gasteiger partial charge < -0.3 is 10.6 Å². The molecule has 0 bridgehead atoms. The molecule has 3 nitrogen and oxygen atoms in total. The van der Waals surface area contributed by atoms with Crippen LogP contribution >= 0.6 is 0 Å². The normalized spacial score (nSPS) is 35.6. The van der Waals surface area contributed by atoms with Gasteiger partial charge in [-0.2, -0.15) is 0 Å². The summed E-state index contributed by atoms with van der Waals surface area (Å²) in [7, 11) is 1.81. The first-order valence-electron chi connectivity index (χ1n) is 3.19. The molecule has 1 rings (SSSR count). The zero-order chi connectivity index (χ0) is 6.85. The van der Waals surface area contributed by atoms with E-state index in [1.165, 1.54) is 0 Å². The van der Waals surface area contributed by atoms with Crippen molar-refractivity contribution in [2.24, 2.45) is 0 Å². The van der Waals surface area contributed by atoms with Crippen LogP contribution in [0.1, 0.15) is 6.92 Å². The van der Waals surface area contributed by atoms with Crippen molar-refractivity contribution in [1.29, 1.82) is 0 Å². The maximum Gasteiger partial charge on any atom is 0.165 e. The Morgan fingerprint density at radius 1 is 1.78 bits per heavy atom. The lowest BCUT2D eigenvalue weighted by Crippen LogP contribution is -2.39. The van der Waals surface area contributed by atoms with Gasteiger partial charge >= 0.3 is 0 Å². The second kappa shape index (κ2) is 2.45. The lowest BCUT2D eigenvalue weighted by Gasteiger charge is -2.10. The average Bonchev–Trinajstić information content (AvgIpc) is 2.12. The molecule has 0 amide bonds. The summed E-state index contributed by atoms with van der Waals surface area (Å²) in [5.74, 6) is 0.269. The SMILES string of the molecule is CN[C@@H]1C(=O)CN[C@H]1C. The first kappa shape index (κ1) is 6.71. The Kier molecular flexibility index (Phi) is 1.83. The van der Waals surface area contributed by atoms with Crippen LogP contribution < -0.4 is 10.6 Å². The molecule has 0 aromatic heterocycles. The van der Waals surface area contributed by atoms with Gasteiger partial charge in [-0.1, -0.05) is 0 Å². The molecule has 9 heavy (non-hydrogen) atoms. The van der Waals surface area contributed by atoms with Crippen molar-refractivity contribution < 1.29 is 4.79 Å². The Bertz CT molecular complexity index is 124. The van der Waals surface area contributed by atoms with Gasteiger partial charge in [0, 0.05) is 6.04 Å². The van der Waals surface area contributed by atoms with Gasteiger partial charge in [0.1, 0.15) is 0 Å². The number of hydrogen-bond donors (Lipinski definition) is 2. The molecule has 0 saturated carbocycles. The number of ketones is 1. The summed E-state index contributed by atoms with van der Waals surface area (Å²) in [6, 6.07) is 0.326. The van der Waals surface area contributed by atoms with Crippen LogP contribution in [0, 0.1) is 0 Å². The Balaban J connectivity index is 2.55. The van der Waals surface area contributed by atoms with Crippen molar-refractivity contribution in [3.05, 3.63) is 0 Å². The molecule has 52 valence electrons. The van der Waals surface area contributed by atoms with E-state index in [0.717, 1.165) is 0 Å². The minimum absolute atomic E-state index is 0.0324. The average molecular weight is 128 g/mol. The monoisotopic (exact) mass is 128 g/mol. The summed E-state index contributed by atoms with van der Waals surface area (Å²) in [5.41, 5.74) is 0. The molecule has 1 aliphatic rings. The third-order valence-corrected chi connectivity index (χ3v) is 1.76. The van der Waals surface area contributed by atoms with Gasteiger partial charge in [-0.25, -0.2) is 0 Å². The van der Waals surface area contributed by atoms with Crippen molar-refractivity contribution in [1.82, 2.24) is 10.6 Å². The molecular weight excluding hydrogens is 116 g/mol. The highest BCUT2D eigenvalue weighted by molar-refractivity contribution is 5.88. The van der Waals surface area contributed by atoms with Crippen LogP contribution in [0.2, 0.25) is 0 Å².